The lowest BCUT2D eigenvalue weighted by molar-refractivity contribution is -0.241. The van der Waals surface area contributed by atoms with Gasteiger partial charge in [0, 0.05) is 6.54 Å². The van der Waals surface area contributed by atoms with Gasteiger partial charge in [0.1, 0.15) is 31.0 Å². The van der Waals surface area contributed by atoms with Crippen LogP contribution in [0, 0.1) is 0 Å². The van der Waals surface area contributed by atoms with Crippen LogP contribution in [0.5, 0.6) is 0 Å². The Morgan fingerprint density at radius 2 is 1.10 bits per heavy atom. The molecule has 12 heteroatoms. The summed E-state index contributed by atoms with van der Waals surface area (Å²) in [5.41, 5.74) is 6.69. The summed E-state index contributed by atoms with van der Waals surface area (Å²) in [5, 5.41) is 32.8. The largest absolute Gasteiger partial charge is 0.449 e. The molecule has 0 spiro atoms. The molecular formula is C48H85N3O9. The third kappa shape index (κ3) is 21.3. The van der Waals surface area contributed by atoms with E-state index in [-0.39, 0.29) is 19.8 Å². The number of carbonyl (C=O) groups is 3. The summed E-state index contributed by atoms with van der Waals surface area (Å²) in [4.78, 5) is 43.4. The number of nitrogens with zero attached hydrogens (tertiary/aromatic N) is 2. The van der Waals surface area contributed by atoms with Crippen molar-refractivity contribution in [1.82, 2.24) is 9.80 Å². The molecular weight excluding hydrogens is 763 g/mol. The average Bonchev–Trinajstić information content (AvgIpc) is 3.25. The molecule has 1 saturated heterocycles. The van der Waals surface area contributed by atoms with Gasteiger partial charge in [-0.3, -0.25) is 9.69 Å². The number of nitrogens with two attached hydrogens (primary N) is 1. The molecule has 346 valence electrons. The first-order valence-corrected chi connectivity index (χ1v) is 24.0. The van der Waals surface area contributed by atoms with Crippen LogP contribution in [0.2, 0.25) is 0 Å². The monoisotopic (exact) mass is 848 g/mol. The second-order valence-corrected chi connectivity index (χ2v) is 17.0. The van der Waals surface area contributed by atoms with Gasteiger partial charge in [0.15, 0.2) is 6.23 Å². The van der Waals surface area contributed by atoms with E-state index in [4.69, 9.17) is 19.9 Å². The number of hydrogen-bond donors (Lipinski definition) is 4. The Morgan fingerprint density at radius 3 is 1.55 bits per heavy atom. The minimum Gasteiger partial charge on any atom is -0.449 e. The second-order valence-electron chi connectivity index (χ2n) is 17.0. The van der Waals surface area contributed by atoms with E-state index in [1.54, 1.807) is 24.3 Å². The van der Waals surface area contributed by atoms with E-state index < -0.39 is 61.3 Å². The Balaban J connectivity index is 2.07. The summed E-state index contributed by atoms with van der Waals surface area (Å²) in [5.74, 6) is -0.888. The second kappa shape index (κ2) is 33.8. The van der Waals surface area contributed by atoms with Gasteiger partial charge < -0.3 is 35.3 Å². The quantitative estimate of drug-likeness (QED) is 0.0489. The summed E-state index contributed by atoms with van der Waals surface area (Å²) < 4.78 is 17.5. The Morgan fingerprint density at radius 1 is 0.650 bits per heavy atom. The van der Waals surface area contributed by atoms with Gasteiger partial charge in [-0.25, -0.2) is 14.5 Å². The van der Waals surface area contributed by atoms with Crippen molar-refractivity contribution in [3.63, 3.8) is 0 Å². The fourth-order valence-electron chi connectivity index (χ4n) is 7.97. The zero-order chi connectivity index (χ0) is 43.8. The summed E-state index contributed by atoms with van der Waals surface area (Å²) in [7, 11) is 0. The van der Waals surface area contributed by atoms with E-state index in [2.05, 4.69) is 13.8 Å². The fraction of sp³-hybridized carbons (Fsp3) is 0.812. The Kier molecular flexibility index (Phi) is 30.1. The molecule has 0 bridgehead atoms. The number of rotatable bonds is 34. The Hall–Kier alpha value is -2.77. The van der Waals surface area contributed by atoms with E-state index in [9.17, 15) is 29.7 Å². The van der Waals surface area contributed by atoms with Gasteiger partial charge in [0.2, 0.25) is 5.91 Å². The molecule has 12 nitrogen and oxygen atoms in total. The van der Waals surface area contributed by atoms with Crippen LogP contribution in [0.4, 0.5) is 9.59 Å². The van der Waals surface area contributed by atoms with Crippen LogP contribution in [0.3, 0.4) is 0 Å². The van der Waals surface area contributed by atoms with Crippen LogP contribution >= 0.6 is 0 Å². The molecule has 0 aliphatic carbocycles. The number of unbranched alkanes of at least 4 members (excludes halogenated alkanes) is 24. The Labute approximate surface area is 363 Å². The van der Waals surface area contributed by atoms with Crippen molar-refractivity contribution in [2.24, 2.45) is 5.73 Å². The summed E-state index contributed by atoms with van der Waals surface area (Å²) in [6.07, 6.45) is 22.3. The molecule has 60 heavy (non-hydrogen) atoms. The van der Waals surface area contributed by atoms with Crippen LogP contribution < -0.4 is 5.73 Å². The van der Waals surface area contributed by atoms with Crippen LogP contribution in [0.15, 0.2) is 30.3 Å². The first-order chi connectivity index (χ1) is 29.2. The normalized spacial score (nSPS) is 19.5. The molecule has 1 aromatic rings. The zero-order valence-electron chi connectivity index (χ0n) is 37.8. The maximum absolute atomic E-state index is 14.0. The molecule has 1 fully saturated rings. The van der Waals surface area contributed by atoms with Crippen molar-refractivity contribution in [3.05, 3.63) is 35.9 Å². The lowest BCUT2D eigenvalue weighted by Gasteiger charge is -2.49. The number of carbonyl (C=O) groups excluding carboxylic acids is 3. The van der Waals surface area contributed by atoms with Gasteiger partial charge >= 0.3 is 12.2 Å². The van der Waals surface area contributed by atoms with Gasteiger partial charge in [-0.05, 0) is 25.3 Å². The number of hydrogen-bond acceptors (Lipinski definition) is 10. The third-order valence-electron chi connectivity index (χ3n) is 11.7. The minimum atomic E-state index is -1.81. The molecule has 0 saturated carbocycles. The first-order valence-electron chi connectivity index (χ1n) is 24.0. The molecule has 1 aromatic carbocycles. The molecule has 1 aliphatic heterocycles. The standard InChI is InChI=1S/C48H85N3O9/c1-4-6-8-10-12-14-16-17-18-19-20-21-23-25-27-32-36-58-47(56)50(35-31-26-24-22-15-13-11-9-7-5-2)46-42(44(54)43(53)41(37-52)60-46)51(45(55)39(3)49)48(57)59-38-40-33-29-28-30-34-40/h28-30,33-34,39,41-44,46,52-54H,4-27,31-32,35-38,49H2,1-3H3/t39-,41+,42+,43+,44+,46+/m0/s1. The number of aliphatic hydroxyl groups is 3. The number of amides is 3. The SMILES string of the molecule is CCCCCCCCCCCCCCCCCCOC(=O)N(CCCCCCCCCCCC)[C@@H]1O[C@H](CO)[C@@H](O)[C@H](O)[C@H]1N(C(=O)OCc1ccccc1)C(=O)[C@H](C)N. The lowest BCUT2D eigenvalue weighted by Crippen LogP contribution is -2.71. The molecule has 0 aromatic heterocycles. The molecule has 5 N–H and O–H groups in total. The highest BCUT2D eigenvalue weighted by atomic mass is 16.6. The smallest absolute Gasteiger partial charge is 0.417 e. The van der Waals surface area contributed by atoms with Gasteiger partial charge in [-0.15, -0.1) is 0 Å². The zero-order valence-corrected chi connectivity index (χ0v) is 37.8. The molecule has 6 atom stereocenters. The predicted molar refractivity (Wildman–Crippen MR) is 238 cm³/mol. The predicted octanol–water partition coefficient (Wildman–Crippen LogP) is 9.93. The van der Waals surface area contributed by atoms with E-state index in [0.717, 1.165) is 44.9 Å². The lowest BCUT2D eigenvalue weighted by atomic mass is 9.93. The first kappa shape index (κ1) is 53.4. The molecule has 0 unspecified atom stereocenters. The number of ether oxygens (including phenoxy) is 3. The van der Waals surface area contributed by atoms with Crippen molar-refractivity contribution in [3.8, 4) is 0 Å². The Bertz CT molecular complexity index is 1240. The summed E-state index contributed by atoms with van der Waals surface area (Å²) >= 11 is 0. The van der Waals surface area contributed by atoms with E-state index in [0.29, 0.717) is 23.3 Å². The maximum Gasteiger partial charge on any atom is 0.417 e. The minimum absolute atomic E-state index is 0.135. The van der Waals surface area contributed by atoms with E-state index in [1.165, 1.54) is 121 Å². The third-order valence-corrected chi connectivity index (χ3v) is 11.7. The fourth-order valence-corrected chi connectivity index (χ4v) is 7.97. The van der Waals surface area contributed by atoms with E-state index in [1.807, 2.05) is 6.07 Å². The topological polar surface area (TPSA) is 172 Å². The van der Waals surface area contributed by atoms with Gasteiger partial charge in [0.05, 0.1) is 19.3 Å². The van der Waals surface area contributed by atoms with Crippen molar-refractivity contribution in [1.29, 1.82) is 0 Å². The van der Waals surface area contributed by atoms with Crippen molar-refractivity contribution in [2.45, 2.75) is 231 Å². The van der Waals surface area contributed by atoms with Crippen LogP contribution in [0.1, 0.15) is 193 Å². The number of aliphatic hydroxyl groups excluding tert-OH is 3. The van der Waals surface area contributed by atoms with Crippen molar-refractivity contribution in [2.75, 3.05) is 19.8 Å². The average molecular weight is 848 g/mol. The van der Waals surface area contributed by atoms with Crippen LogP contribution in [-0.2, 0) is 25.6 Å². The van der Waals surface area contributed by atoms with Gasteiger partial charge in [-0.1, -0.05) is 198 Å². The van der Waals surface area contributed by atoms with Crippen molar-refractivity contribution < 1.29 is 43.9 Å². The highest BCUT2D eigenvalue weighted by molar-refractivity contribution is 5.95. The molecule has 0 radical (unpaired) electrons. The maximum atomic E-state index is 14.0. The number of imide groups is 1. The van der Waals surface area contributed by atoms with Gasteiger partial charge in [-0.2, -0.15) is 0 Å². The van der Waals surface area contributed by atoms with Crippen LogP contribution in [0.25, 0.3) is 0 Å². The van der Waals surface area contributed by atoms with Crippen LogP contribution in [-0.4, -0.2) is 99.6 Å². The van der Waals surface area contributed by atoms with Crippen molar-refractivity contribution >= 4 is 18.1 Å². The highest BCUT2D eigenvalue weighted by Crippen LogP contribution is 2.30. The molecule has 2 rings (SSSR count). The van der Waals surface area contributed by atoms with Gasteiger partial charge in [0.25, 0.3) is 0 Å². The molecule has 1 aliphatic rings. The highest BCUT2D eigenvalue weighted by Gasteiger charge is 2.54. The summed E-state index contributed by atoms with van der Waals surface area (Å²) in [6.45, 7) is 5.30. The number of benzene rings is 1. The van der Waals surface area contributed by atoms with E-state index >= 15 is 0 Å². The molecule has 3 amide bonds. The molecule has 1 heterocycles. The summed E-state index contributed by atoms with van der Waals surface area (Å²) in [6, 6.07) is 6.08.